The fourth-order valence-corrected chi connectivity index (χ4v) is 2.86. The maximum atomic E-state index is 4.63. The van der Waals surface area contributed by atoms with E-state index in [1.165, 1.54) is 11.1 Å². The van der Waals surface area contributed by atoms with Crippen LogP contribution in [0.3, 0.4) is 0 Å². The van der Waals surface area contributed by atoms with Crippen molar-refractivity contribution < 1.29 is 0 Å². The second-order valence-corrected chi connectivity index (χ2v) is 6.02. The normalized spacial score (nSPS) is 10.5. The summed E-state index contributed by atoms with van der Waals surface area (Å²) in [5.74, 6) is 2.52. The number of aromatic nitrogens is 2. The quantitative estimate of drug-likeness (QED) is 0.699. The van der Waals surface area contributed by atoms with Gasteiger partial charge in [-0.3, -0.25) is 0 Å². The Labute approximate surface area is 149 Å². The lowest BCUT2D eigenvalue weighted by atomic mass is 10.1. The highest BCUT2D eigenvalue weighted by Crippen LogP contribution is 2.25. The molecule has 0 bridgehead atoms. The number of benzene rings is 2. The van der Waals surface area contributed by atoms with Crippen LogP contribution in [-0.2, 0) is 6.54 Å². The van der Waals surface area contributed by atoms with Crippen LogP contribution < -0.4 is 10.2 Å². The molecular weight excluding hydrogens is 308 g/mol. The van der Waals surface area contributed by atoms with Gasteiger partial charge in [-0.25, -0.2) is 9.97 Å². The highest BCUT2D eigenvalue weighted by Gasteiger charge is 2.11. The highest BCUT2D eigenvalue weighted by molar-refractivity contribution is 5.62. The average Bonchev–Trinajstić information content (AvgIpc) is 2.62. The van der Waals surface area contributed by atoms with Crippen molar-refractivity contribution in [1.82, 2.24) is 9.97 Å². The van der Waals surface area contributed by atoms with Gasteiger partial charge in [0.15, 0.2) is 0 Å². The van der Waals surface area contributed by atoms with Crippen molar-refractivity contribution >= 4 is 17.3 Å². The third-order valence-electron chi connectivity index (χ3n) is 4.21. The molecule has 0 aliphatic rings. The zero-order valence-electron chi connectivity index (χ0n) is 15.0. The molecule has 128 valence electrons. The molecule has 1 N–H and O–H groups in total. The minimum absolute atomic E-state index is 0.750. The zero-order valence-corrected chi connectivity index (χ0v) is 15.0. The maximum Gasteiger partial charge on any atom is 0.138 e. The summed E-state index contributed by atoms with van der Waals surface area (Å²) < 4.78 is 0. The molecule has 0 saturated carbocycles. The molecule has 0 amide bonds. The Morgan fingerprint density at radius 2 is 1.64 bits per heavy atom. The molecule has 1 aromatic heterocycles. The Kier molecular flexibility index (Phi) is 5.29. The van der Waals surface area contributed by atoms with E-state index in [-0.39, 0.29) is 0 Å². The highest BCUT2D eigenvalue weighted by atomic mass is 15.2. The predicted octanol–water partition coefficient (Wildman–Crippen LogP) is 4.86. The lowest BCUT2D eigenvalue weighted by Gasteiger charge is -2.23. The zero-order chi connectivity index (χ0) is 17.6. The van der Waals surface area contributed by atoms with Crippen LogP contribution in [0.2, 0.25) is 0 Å². The predicted molar refractivity (Wildman–Crippen MR) is 104 cm³/mol. The molecular formula is C21H24N4. The van der Waals surface area contributed by atoms with Gasteiger partial charge in [0.1, 0.15) is 17.5 Å². The summed E-state index contributed by atoms with van der Waals surface area (Å²) in [5.41, 5.74) is 3.68. The van der Waals surface area contributed by atoms with Crippen molar-refractivity contribution in [3.05, 3.63) is 77.6 Å². The fourth-order valence-electron chi connectivity index (χ4n) is 2.86. The van der Waals surface area contributed by atoms with Gasteiger partial charge in [0, 0.05) is 24.8 Å². The van der Waals surface area contributed by atoms with E-state index in [1.807, 2.05) is 31.2 Å². The first-order valence-electron chi connectivity index (χ1n) is 8.64. The first-order chi connectivity index (χ1) is 12.2. The van der Waals surface area contributed by atoms with E-state index in [0.717, 1.165) is 36.2 Å². The molecule has 25 heavy (non-hydrogen) atoms. The number of aryl methyl sites for hydroxylation is 2. The summed E-state index contributed by atoms with van der Waals surface area (Å²) in [7, 11) is 0. The number of anilines is 3. The topological polar surface area (TPSA) is 41.0 Å². The van der Waals surface area contributed by atoms with E-state index in [2.05, 4.69) is 70.4 Å². The molecule has 2 aromatic carbocycles. The Morgan fingerprint density at radius 1 is 0.920 bits per heavy atom. The number of rotatable bonds is 6. The van der Waals surface area contributed by atoms with E-state index in [9.17, 15) is 0 Å². The van der Waals surface area contributed by atoms with Gasteiger partial charge < -0.3 is 10.2 Å². The van der Waals surface area contributed by atoms with Crippen molar-refractivity contribution in [3.63, 3.8) is 0 Å². The van der Waals surface area contributed by atoms with Crippen molar-refractivity contribution in [1.29, 1.82) is 0 Å². The summed E-state index contributed by atoms with van der Waals surface area (Å²) in [6.07, 6.45) is 0. The molecule has 0 atom stereocenters. The summed E-state index contributed by atoms with van der Waals surface area (Å²) in [6, 6.07) is 20.7. The molecule has 0 unspecified atom stereocenters. The van der Waals surface area contributed by atoms with Crippen LogP contribution >= 0.6 is 0 Å². The van der Waals surface area contributed by atoms with Gasteiger partial charge in [0.05, 0.1) is 0 Å². The number of hydrogen-bond acceptors (Lipinski definition) is 4. The van der Waals surface area contributed by atoms with Gasteiger partial charge >= 0.3 is 0 Å². The molecule has 0 spiro atoms. The Balaban J connectivity index is 1.84. The van der Waals surface area contributed by atoms with Crippen molar-refractivity contribution in [2.75, 3.05) is 16.8 Å². The standard InChI is InChI=1S/C21H24N4/c1-4-25(19-12-6-5-7-13-19)21-14-20(23-17(3)24-21)22-15-18-11-9-8-10-16(18)2/h5-14H,4,15H2,1-3H3,(H,22,23,24). The van der Waals surface area contributed by atoms with E-state index >= 15 is 0 Å². The second kappa shape index (κ2) is 7.79. The summed E-state index contributed by atoms with van der Waals surface area (Å²) in [6.45, 7) is 7.78. The van der Waals surface area contributed by atoms with E-state index in [1.54, 1.807) is 0 Å². The van der Waals surface area contributed by atoms with Crippen molar-refractivity contribution in [3.8, 4) is 0 Å². The first-order valence-corrected chi connectivity index (χ1v) is 8.64. The SMILES string of the molecule is CCN(c1ccccc1)c1cc(NCc2ccccc2C)nc(C)n1. The second-order valence-electron chi connectivity index (χ2n) is 6.02. The van der Waals surface area contributed by atoms with Gasteiger partial charge in [-0.15, -0.1) is 0 Å². The maximum absolute atomic E-state index is 4.63. The molecule has 1 heterocycles. The minimum atomic E-state index is 0.750. The third-order valence-corrected chi connectivity index (χ3v) is 4.21. The number of para-hydroxylation sites is 1. The van der Waals surface area contributed by atoms with Crippen LogP contribution in [0.25, 0.3) is 0 Å². The van der Waals surface area contributed by atoms with Crippen molar-refractivity contribution in [2.45, 2.75) is 27.3 Å². The van der Waals surface area contributed by atoms with Crippen LogP contribution in [0, 0.1) is 13.8 Å². The van der Waals surface area contributed by atoms with Crippen LogP contribution in [0.5, 0.6) is 0 Å². The Morgan fingerprint density at radius 3 is 2.36 bits per heavy atom. The smallest absolute Gasteiger partial charge is 0.138 e. The van der Waals surface area contributed by atoms with E-state index in [0.29, 0.717) is 0 Å². The van der Waals surface area contributed by atoms with Crippen LogP contribution in [-0.4, -0.2) is 16.5 Å². The Bertz CT molecular complexity index is 830. The largest absolute Gasteiger partial charge is 0.366 e. The monoisotopic (exact) mass is 332 g/mol. The third kappa shape index (κ3) is 4.15. The van der Waals surface area contributed by atoms with Crippen LogP contribution in [0.1, 0.15) is 23.9 Å². The summed E-state index contributed by atoms with van der Waals surface area (Å²) in [5, 5.41) is 3.44. The molecule has 0 aliphatic heterocycles. The molecule has 0 fully saturated rings. The summed E-state index contributed by atoms with van der Waals surface area (Å²) >= 11 is 0. The van der Waals surface area contributed by atoms with E-state index < -0.39 is 0 Å². The molecule has 3 rings (SSSR count). The van der Waals surface area contributed by atoms with Gasteiger partial charge in [-0.2, -0.15) is 0 Å². The molecule has 0 radical (unpaired) electrons. The minimum Gasteiger partial charge on any atom is -0.366 e. The number of nitrogens with one attached hydrogen (secondary N) is 1. The van der Waals surface area contributed by atoms with E-state index in [4.69, 9.17) is 0 Å². The lowest BCUT2D eigenvalue weighted by Crippen LogP contribution is -2.18. The average molecular weight is 332 g/mol. The van der Waals surface area contributed by atoms with Gasteiger partial charge in [0.2, 0.25) is 0 Å². The van der Waals surface area contributed by atoms with Gasteiger partial charge in [0.25, 0.3) is 0 Å². The molecule has 4 heteroatoms. The Hall–Kier alpha value is -2.88. The van der Waals surface area contributed by atoms with Gasteiger partial charge in [-0.1, -0.05) is 42.5 Å². The molecule has 3 aromatic rings. The first kappa shape index (κ1) is 17.0. The van der Waals surface area contributed by atoms with Gasteiger partial charge in [-0.05, 0) is 44.0 Å². The molecule has 0 saturated heterocycles. The lowest BCUT2D eigenvalue weighted by molar-refractivity contribution is 0.945. The fraction of sp³-hybridized carbons (Fsp3) is 0.238. The van der Waals surface area contributed by atoms with Crippen LogP contribution in [0.15, 0.2) is 60.7 Å². The van der Waals surface area contributed by atoms with Crippen LogP contribution in [0.4, 0.5) is 17.3 Å². The molecule has 4 nitrogen and oxygen atoms in total. The number of hydrogen-bond donors (Lipinski definition) is 1. The van der Waals surface area contributed by atoms with Crippen molar-refractivity contribution in [2.24, 2.45) is 0 Å². The summed E-state index contributed by atoms with van der Waals surface area (Å²) in [4.78, 5) is 11.4. The number of nitrogens with zero attached hydrogens (tertiary/aromatic N) is 3. The molecule has 0 aliphatic carbocycles.